The van der Waals surface area contributed by atoms with Crippen LogP contribution in [0.4, 0.5) is 10.5 Å². The average molecular weight is 495 g/mol. The molecule has 4 aromatic carbocycles. The highest BCUT2D eigenvalue weighted by Crippen LogP contribution is 2.34. The predicted octanol–water partition coefficient (Wildman–Crippen LogP) is 6.09. The molecule has 1 N–H and O–H groups in total. The van der Waals surface area contributed by atoms with Crippen LogP contribution >= 0.6 is 11.8 Å². The first-order chi connectivity index (χ1) is 17.6. The van der Waals surface area contributed by atoms with Crippen LogP contribution in [0.1, 0.15) is 11.1 Å². The Balaban J connectivity index is 1.26. The fourth-order valence-electron chi connectivity index (χ4n) is 3.95. The summed E-state index contributed by atoms with van der Waals surface area (Å²) in [5.74, 6) is -0.116. The summed E-state index contributed by atoms with van der Waals surface area (Å²) in [5.41, 5.74) is 2.31. The van der Waals surface area contributed by atoms with Crippen molar-refractivity contribution in [1.82, 2.24) is 4.90 Å². The Labute approximate surface area is 212 Å². The van der Waals surface area contributed by atoms with Gasteiger partial charge in [0.15, 0.2) is 6.61 Å². The van der Waals surface area contributed by atoms with E-state index < -0.39 is 0 Å². The molecule has 0 bridgehead atoms. The maximum atomic E-state index is 13.1. The predicted molar refractivity (Wildman–Crippen MR) is 142 cm³/mol. The second kappa shape index (κ2) is 10.5. The second-order valence-corrected chi connectivity index (χ2v) is 9.17. The van der Waals surface area contributed by atoms with Gasteiger partial charge in [0.1, 0.15) is 5.75 Å². The number of amides is 3. The number of benzene rings is 4. The lowest BCUT2D eigenvalue weighted by atomic mass is 10.0. The van der Waals surface area contributed by atoms with Crippen LogP contribution < -0.4 is 10.1 Å². The number of carbonyl (C=O) groups is 3. The number of hydrogen-bond donors (Lipinski definition) is 1. The van der Waals surface area contributed by atoms with Gasteiger partial charge in [0.05, 0.1) is 11.4 Å². The lowest BCUT2D eigenvalue weighted by Crippen LogP contribution is -2.27. The van der Waals surface area contributed by atoms with Crippen molar-refractivity contribution in [2.45, 2.75) is 6.54 Å². The van der Waals surface area contributed by atoms with Gasteiger partial charge in [-0.25, -0.2) is 0 Å². The molecule has 0 aromatic heterocycles. The van der Waals surface area contributed by atoms with Gasteiger partial charge in [-0.2, -0.15) is 0 Å². The number of imide groups is 1. The fraction of sp³-hybridized carbons (Fsp3) is 0.0690. The molecule has 1 fully saturated rings. The van der Waals surface area contributed by atoms with Crippen molar-refractivity contribution in [3.8, 4) is 5.75 Å². The summed E-state index contributed by atoms with van der Waals surface area (Å²) in [6.45, 7) is 0.0585. The van der Waals surface area contributed by atoms with Gasteiger partial charge >= 0.3 is 0 Å². The van der Waals surface area contributed by atoms with Crippen LogP contribution in [0, 0.1) is 0 Å². The summed E-state index contributed by atoms with van der Waals surface area (Å²) in [4.78, 5) is 39.5. The fourth-order valence-corrected chi connectivity index (χ4v) is 4.79. The lowest BCUT2D eigenvalue weighted by molar-refractivity contribution is -0.123. The van der Waals surface area contributed by atoms with Crippen molar-refractivity contribution in [3.63, 3.8) is 0 Å². The molecule has 178 valence electrons. The highest BCUT2D eigenvalue weighted by molar-refractivity contribution is 8.18. The van der Waals surface area contributed by atoms with Crippen molar-refractivity contribution in [1.29, 1.82) is 0 Å². The molecule has 1 aliphatic heterocycles. The van der Waals surface area contributed by atoms with Gasteiger partial charge in [0.2, 0.25) is 0 Å². The summed E-state index contributed by atoms with van der Waals surface area (Å²) in [7, 11) is 0. The third kappa shape index (κ3) is 5.31. The molecular formula is C29H22N2O4S. The summed E-state index contributed by atoms with van der Waals surface area (Å²) in [6, 6.07) is 30.0. The van der Waals surface area contributed by atoms with Crippen LogP contribution in [0.3, 0.4) is 0 Å². The normalized spacial score (nSPS) is 14.4. The summed E-state index contributed by atoms with van der Waals surface area (Å²) in [6.07, 6.45) is 1.67. The first-order valence-corrected chi connectivity index (χ1v) is 12.2. The van der Waals surface area contributed by atoms with Crippen LogP contribution in [-0.4, -0.2) is 28.6 Å². The van der Waals surface area contributed by atoms with E-state index in [0.29, 0.717) is 21.9 Å². The van der Waals surface area contributed by atoms with Gasteiger partial charge < -0.3 is 10.1 Å². The molecule has 0 aliphatic carbocycles. The summed E-state index contributed by atoms with van der Waals surface area (Å²) >= 11 is 0.920. The highest BCUT2D eigenvalue weighted by Gasteiger charge is 2.35. The minimum absolute atomic E-state index is 0.153. The molecule has 1 heterocycles. The van der Waals surface area contributed by atoms with E-state index in [4.69, 9.17) is 4.74 Å². The van der Waals surface area contributed by atoms with Crippen molar-refractivity contribution in [2.24, 2.45) is 0 Å². The Hall–Kier alpha value is -4.36. The van der Waals surface area contributed by atoms with E-state index in [1.54, 1.807) is 36.4 Å². The Morgan fingerprint density at radius 3 is 2.50 bits per heavy atom. The second-order valence-electron chi connectivity index (χ2n) is 8.18. The van der Waals surface area contributed by atoms with Crippen molar-refractivity contribution in [2.75, 3.05) is 11.9 Å². The van der Waals surface area contributed by atoms with E-state index in [2.05, 4.69) is 5.32 Å². The lowest BCUT2D eigenvalue weighted by Gasteiger charge is -2.14. The number of anilines is 1. The van der Waals surface area contributed by atoms with Crippen LogP contribution in [0.2, 0.25) is 0 Å². The van der Waals surface area contributed by atoms with Gasteiger partial charge in [-0.05, 0) is 64.0 Å². The summed E-state index contributed by atoms with van der Waals surface area (Å²) in [5, 5.41) is 4.54. The number of fused-ring (bicyclic) bond motifs is 1. The van der Waals surface area contributed by atoms with Crippen LogP contribution in [-0.2, 0) is 16.1 Å². The number of para-hydroxylation sites is 1. The maximum absolute atomic E-state index is 13.1. The van der Waals surface area contributed by atoms with E-state index in [9.17, 15) is 14.4 Å². The number of nitrogens with zero attached hydrogens (tertiary/aromatic N) is 1. The third-order valence-electron chi connectivity index (χ3n) is 5.67. The first-order valence-electron chi connectivity index (χ1n) is 11.4. The van der Waals surface area contributed by atoms with Crippen LogP contribution in [0.5, 0.6) is 5.75 Å². The zero-order valence-electron chi connectivity index (χ0n) is 19.2. The molecule has 0 unspecified atom stereocenters. The number of hydrogen-bond acceptors (Lipinski definition) is 5. The molecule has 0 radical (unpaired) electrons. The molecule has 4 aromatic rings. The number of thioether (sulfide) groups is 1. The molecule has 7 heteroatoms. The van der Waals surface area contributed by atoms with Gasteiger partial charge in [0.25, 0.3) is 17.1 Å². The standard InChI is InChI=1S/C29H22N2O4S/c32-27(30-23-12-2-1-3-13-23)19-35-24-14-6-8-20(16-24)17-26-28(33)31(29(34)36-26)18-22-11-7-10-21-9-4-5-15-25(21)22/h1-17H,18-19H2,(H,30,32)/b26-17-. The number of carbonyl (C=O) groups excluding carboxylic acids is 3. The molecule has 0 spiro atoms. The molecule has 1 aliphatic rings. The average Bonchev–Trinajstić information content (AvgIpc) is 3.16. The molecule has 5 rings (SSSR count). The van der Waals surface area contributed by atoms with E-state index in [1.807, 2.05) is 66.7 Å². The van der Waals surface area contributed by atoms with Gasteiger partial charge in [-0.1, -0.05) is 72.8 Å². The quantitative estimate of drug-likeness (QED) is 0.315. The molecule has 36 heavy (non-hydrogen) atoms. The van der Waals surface area contributed by atoms with Crippen molar-refractivity contribution in [3.05, 3.63) is 113 Å². The van der Waals surface area contributed by atoms with Crippen LogP contribution in [0.25, 0.3) is 16.8 Å². The number of ether oxygens (including phenoxy) is 1. The smallest absolute Gasteiger partial charge is 0.293 e. The monoisotopic (exact) mass is 494 g/mol. The van der Waals surface area contributed by atoms with Crippen LogP contribution in [0.15, 0.2) is 102 Å². The molecule has 1 saturated heterocycles. The summed E-state index contributed by atoms with van der Waals surface area (Å²) < 4.78 is 5.62. The first kappa shape index (κ1) is 23.4. The zero-order valence-corrected chi connectivity index (χ0v) is 20.0. The Kier molecular flexibility index (Phi) is 6.82. The van der Waals surface area contributed by atoms with Gasteiger partial charge in [0, 0.05) is 5.69 Å². The SMILES string of the molecule is O=C(COc1cccc(/C=C2\SC(=O)N(Cc3cccc4ccccc34)C2=O)c1)Nc1ccccc1. The Morgan fingerprint density at radius 2 is 1.64 bits per heavy atom. The number of nitrogens with one attached hydrogen (secondary N) is 1. The number of rotatable bonds is 7. The Morgan fingerprint density at radius 1 is 0.889 bits per heavy atom. The van der Waals surface area contributed by atoms with Crippen molar-refractivity contribution >= 4 is 51.4 Å². The Bertz CT molecular complexity index is 1480. The zero-order chi connectivity index (χ0) is 24.9. The topological polar surface area (TPSA) is 75.7 Å². The highest BCUT2D eigenvalue weighted by atomic mass is 32.2. The molecule has 3 amide bonds. The minimum atomic E-state index is -0.327. The molecule has 0 atom stereocenters. The van der Waals surface area contributed by atoms with Gasteiger partial charge in [-0.15, -0.1) is 0 Å². The maximum Gasteiger partial charge on any atom is 0.293 e. The van der Waals surface area contributed by atoms with E-state index in [-0.39, 0.29) is 30.2 Å². The molecule has 6 nitrogen and oxygen atoms in total. The largest absolute Gasteiger partial charge is 0.484 e. The van der Waals surface area contributed by atoms with E-state index in [1.165, 1.54) is 4.90 Å². The van der Waals surface area contributed by atoms with Crippen molar-refractivity contribution < 1.29 is 19.1 Å². The minimum Gasteiger partial charge on any atom is -0.484 e. The molecular weight excluding hydrogens is 472 g/mol. The van der Waals surface area contributed by atoms with E-state index in [0.717, 1.165) is 28.1 Å². The van der Waals surface area contributed by atoms with E-state index >= 15 is 0 Å². The molecule has 0 saturated carbocycles. The van der Waals surface area contributed by atoms with Gasteiger partial charge in [-0.3, -0.25) is 19.3 Å². The third-order valence-corrected chi connectivity index (χ3v) is 6.57.